The molecule has 10 heteroatoms. The number of quaternary nitrogens is 1. The third-order valence-electron chi connectivity index (χ3n) is 11.3. The van der Waals surface area contributed by atoms with Crippen LogP contribution in [-0.4, -0.2) is 70.0 Å². The summed E-state index contributed by atoms with van der Waals surface area (Å²) in [5.41, 5.74) is 0. The Bertz CT molecular complexity index is 1230. The first-order valence-electron chi connectivity index (χ1n) is 26.3. The summed E-state index contributed by atoms with van der Waals surface area (Å²) in [7, 11) is 1.16. The molecular formula is C54H100NO8P. The van der Waals surface area contributed by atoms with Gasteiger partial charge in [0.1, 0.15) is 19.8 Å². The van der Waals surface area contributed by atoms with Gasteiger partial charge in [-0.2, -0.15) is 0 Å². The molecule has 0 saturated carbocycles. The molecule has 0 aromatic carbocycles. The number of hydrogen-bond acceptors (Lipinski definition) is 8. The van der Waals surface area contributed by atoms with E-state index < -0.39 is 26.5 Å². The van der Waals surface area contributed by atoms with Crippen molar-refractivity contribution in [2.24, 2.45) is 0 Å². The maximum absolute atomic E-state index is 12.8. The minimum atomic E-state index is -4.63. The molecule has 0 aliphatic rings. The highest BCUT2D eigenvalue weighted by Crippen LogP contribution is 2.38. The molecule has 0 N–H and O–H groups in total. The molecule has 0 aromatic heterocycles. The van der Waals surface area contributed by atoms with Crippen LogP contribution in [0.3, 0.4) is 0 Å². The molecule has 374 valence electrons. The Morgan fingerprint density at radius 3 is 1.27 bits per heavy atom. The molecule has 9 nitrogen and oxygen atoms in total. The number of unbranched alkanes of at least 4 members (excludes halogenated alkanes) is 26. The largest absolute Gasteiger partial charge is 0.756 e. The lowest BCUT2D eigenvalue weighted by Crippen LogP contribution is -2.37. The monoisotopic (exact) mass is 922 g/mol. The number of hydrogen-bond donors (Lipinski definition) is 0. The number of nitrogens with zero attached hydrogens (tertiary/aromatic N) is 1. The number of carbonyl (C=O) groups excluding carboxylic acids is 2. The second-order valence-electron chi connectivity index (χ2n) is 18.9. The van der Waals surface area contributed by atoms with Crippen LogP contribution in [0.25, 0.3) is 0 Å². The van der Waals surface area contributed by atoms with Crippen LogP contribution in [0.5, 0.6) is 0 Å². The van der Waals surface area contributed by atoms with Gasteiger partial charge in [0.2, 0.25) is 0 Å². The number of phosphoric acid groups is 1. The van der Waals surface area contributed by atoms with Crippen LogP contribution in [0.15, 0.2) is 48.6 Å². The standard InChI is InChI=1S/C54H100NO8P/c1-6-8-10-12-14-16-18-20-22-24-26-27-29-31-33-35-37-39-41-43-45-47-54(57)63-52(51-62-64(58,59)61-49-48-55(3,4)5)50-60-53(56)46-44-42-40-38-36-34-32-30-28-25-23-21-19-17-15-13-11-9-7-2/h15,17-18,20-21,23-24,26,52H,6-14,16,19,22,25,27-51H2,1-5H3/b17-15-,20-18-,23-21-,26-24-. The molecule has 0 spiro atoms. The maximum atomic E-state index is 12.8. The fourth-order valence-electron chi connectivity index (χ4n) is 7.19. The van der Waals surface area contributed by atoms with Gasteiger partial charge in [-0.1, -0.05) is 191 Å². The van der Waals surface area contributed by atoms with E-state index >= 15 is 0 Å². The second-order valence-corrected chi connectivity index (χ2v) is 20.3. The fourth-order valence-corrected chi connectivity index (χ4v) is 7.92. The number of esters is 2. The van der Waals surface area contributed by atoms with Gasteiger partial charge in [0.05, 0.1) is 27.7 Å². The lowest BCUT2D eigenvalue weighted by molar-refractivity contribution is -0.870. The predicted molar refractivity (Wildman–Crippen MR) is 268 cm³/mol. The second kappa shape index (κ2) is 46.1. The van der Waals surface area contributed by atoms with Crippen molar-refractivity contribution < 1.29 is 42.1 Å². The van der Waals surface area contributed by atoms with Gasteiger partial charge in [0.25, 0.3) is 7.82 Å². The Hall–Kier alpha value is -2.03. The molecule has 0 aliphatic heterocycles. The molecule has 2 unspecified atom stereocenters. The Morgan fingerprint density at radius 2 is 0.844 bits per heavy atom. The van der Waals surface area contributed by atoms with Crippen LogP contribution < -0.4 is 4.89 Å². The van der Waals surface area contributed by atoms with Crippen molar-refractivity contribution >= 4 is 19.8 Å². The third-order valence-corrected chi connectivity index (χ3v) is 12.3. The number of likely N-dealkylation sites (N-methyl/N-ethyl adjacent to an activating group) is 1. The van der Waals surface area contributed by atoms with Crippen LogP contribution in [0.2, 0.25) is 0 Å². The summed E-state index contributed by atoms with van der Waals surface area (Å²) >= 11 is 0. The molecule has 0 aliphatic carbocycles. The third kappa shape index (κ3) is 49.4. The maximum Gasteiger partial charge on any atom is 0.306 e. The minimum Gasteiger partial charge on any atom is -0.756 e. The van der Waals surface area contributed by atoms with Crippen LogP contribution in [0.1, 0.15) is 232 Å². The van der Waals surface area contributed by atoms with Gasteiger partial charge >= 0.3 is 11.9 Å². The number of allylic oxidation sites excluding steroid dienone is 8. The van der Waals surface area contributed by atoms with Crippen molar-refractivity contribution in [1.82, 2.24) is 0 Å². The summed E-state index contributed by atoms with van der Waals surface area (Å²) in [6, 6.07) is 0. The Kier molecular flexibility index (Phi) is 44.6. The number of carbonyl (C=O) groups is 2. The first kappa shape index (κ1) is 62.0. The number of ether oxygens (including phenoxy) is 2. The van der Waals surface area contributed by atoms with Crippen molar-refractivity contribution in [1.29, 1.82) is 0 Å². The van der Waals surface area contributed by atoms with Crippen molar-refractivity contribution in [2.75, 3.05) is 47.5 Å². The number of phosphoric ester groups is 1. The van der Waals surface area contributed by atoms with E-state index in [-0.39, 0.29) is 32.0 Å². The molecule has 0 amide bonds. The van der Waals surface area contributed by atoms with Gasteiger partial charge in [0, 0.05) is 12.8 Å². The normalized spacial score (nSPS) is 13.8. The van der Waals surface area contributed by atoms with Gasteiger partial charge in [-0.15, -0.1) is 0 Å². The molecule has 0 rings (SSSR count). The van der Waals surface area contributed by atoms with Crippen molar-refractivity contribution in [3.63, 3.8) is 0 Å². The lowest BCUT2D eigenvalue weighted by atomic mass is 10.1. The average Bonchev–Trinajstić information content (AvgIpc) is 3.25. The van der Waals surface area contributed by atoms with Crippen LogP contribution in [-0.2, 0) is 32.7 Å². The molecule has 0 fully saturated rings. The Morgan fingerprint density at radius 1 is 0.484 bits per heavy atom. The van der Waals surface area contributed by atoms with Gasteiger partial charge in [-0.25, -0.2) is 0 Å². The molecule has 0 heterocycles. The van der Waals surface area contributed by atoms with E-state index in [0.29, 0.717) is 17.4 Å². The molecule has 0 aromatic rings. The predicted octanol–water partition coefficient (Wildman–Crippen LogP) is 15.2. The van der Waals surface area contributed by atoms with Crippen molar-refractivity contribution in [3.8, 4) is 0 Å². The van der Waals surface area contributed by atoms with Crippen LogP contribution in [0, 0.1) is 0 Å². The minimum absolute atomic E-state index is 0.0332. The van der Waals surface area contributed by atoms with E-state index in [1.807, 2.05) is 21.1 Å². The highest BCUT2D eigenvalue weighted by atomic mass is 31.2. The Labute approximate surface area is 394 Å². The van der Waals surface area contributed by atoms with Gasteiger partial charge in [-0.05, 0) is 77.0 Å². The van der Waals surface area contributed by atoms with E-state index in [9.17, 15) is 19.0 Å². The number of rotatable bonds is 48. The summed E-state index contributed by atoms with van der Waals surface area (Å²) in [6.07, 6.45) is 55.6. The smallest absolute Gasteiger partial charge is 0.306 e. The molecule has 0 radical (unpaired) electrons. The zero-order chi connectivity index (χ0) is 47.1. The van der Waals surface area contributed by atoms with Crippen molar-refractivity contribution in [2.45, 2.75) is 238 Å². The summed E-state index contributed by atoms with van der Waals surface area (Å²) in [5, 5.41) is 0. The topological polar surface area (TPSA) is 111 Å². The van der Waals surface area contributed by atoms with E-state index in [4.69, 9.17) is 18.5 Å². The first-order valence-corrected chi connectivity index (χ1v) is 27.8. The highest BCUT2D eigenvalue weighted by Gasteiger charge is 2.21. The Balaban J connectivity index is 4.25. The highest BCUT2D eigenvalue weighted by molar-refractivity contribution is 7.45. The molecule has 64 heavy (non-hydrogen) atoms. The zero-order valence-electron chi connectivity index (χ0n) is 42.2. The zero-order valence-corrected chi connectivity index (χ0v) is 43.1. The SMILES string of the molecule is CCCCC/C=C\C/C=C\CCCCCCCCCCCC(=O)OCC(COP(=O)([O-])OCC[N+](C)(C)C)OC(=O)CCCCCCCCCCC/C=C\C/C=C\CCCCCCC. The van der Waals surface area contributed by atoms with E-state index in [2.05, 4.69) is 62.5 Å². The summed E-state index contributed by atoms with van der Waals surface area (Å²) in [4.78, 5) is 37.8. The van der Waals surface area contributed by atoms with Gasteiger partial charge in [-0.3, -0.25) is 14.2 Å². The summed E-state index contributed by atoms with van der Waals surface area (Å²) in [5.74, 6) is -0.839. The summed E-state index contributed by atoms with van der Waals surface area (Å²) in [6.45, 7) is 4.21. The molecule has 0 bridgehead atoms. The quantitative estimate of drug-likeness (QED) is 0.0195. The van der Waals surface area contributed by atoms with Crippen LogP contribution >= 0.6 is 7.82 Å². The molecule has 0 saturated heterocycles. The van der Waals surface area contributed by atoms with E-state index in [1.54, 1.807) is 0 Å². The fraction of sp³-hybridized carbons (Fsp3) is 0.815. The van der Waals surface area contributed by atoms with Gasteiger partial charge in [0.15, 0.2) is 6.10 Å². The molecular weight excluding hydrogens is 822 g/mol. The lowest BCUT2D eigenvalue weighted by Gasteiger charge is -2.28. The van der Waals surface area contributed by atoms with E-state index in [1.165, 1.54) is 135 Å². The van der Waals surface area contributed by atoms with E-state index in [0.717, 1.165) is 64.2 Å². The summed E-state index contributed by atoms with van der Waals surface area (Å²) < 4.78 is 34.1. The van der Waals surface area contributed by atoms with Crippen LogP contribution in [0.4, 0.5) is 0 Å². The van der Waals surface area contributed by atoms with Crippen molar-refractivity contribution in [3.05, 3.63) is 48.6 Å². The average molecular weight is 922 g/mol. The molecule has 2 atom stereocenters. The van der Waals surface area contributed by atoms with Gasteiger partial charge < -0.3 is 27.9 Å². The first-order chi connectivity index (χ1) is 31.0.